The summed E-state index contributed by atoms with van der Waals surface area (Å²) in [4.78, 5) is 33.1. The fourth-order valence-corrected chi connectivity index (χ4v) is 2.65. The van der Waals surface area contributed by atoms with Crippen LogP contribution < -0.4 is 0 Å². The average Bonchev–Trinajstić information content (AvgIpc) is 2.97. The SMILES string of the molecule is CCCCCc1ccccc1C(=O)OC.O=C1OC(=O)c2ccccc21. The summed E-state index contributed by atoms with van der Waals surface area (Å²) in [5.41, 5.74) is 2.52. The molecule has 0 aromatic heterocycles. The molecular formula is C21H22O5. The molecule has 1 heterocycles. The van der Waals surface area contributed by atoms with E-state index in [9.17, 15) is 14.4 Å². The van der Waals surface area contributed by atoms with Gasteiger partial charge in [-0.25, -0.2) is 14.4 Å². The molecule has 1 aliphatic rings. The van der Waals surface area contributed by atoms with Crippen molar-refractivity contribution in [1.82, 2.24) is 0 Å². The van der Waals surface area contributed by atoms with E-state index in [4.69, 9.17) is 4.74 Å². The van der Waals surface area contributed by atoms with Gasteiger partial charge in [-0.05, 0) is 36.6 Å². The van der Waals surface area contributed by atoms with Crippen molar-refractivity contribution in [2.75, 3.05) is 7.11 Å². The summed E-state index contributed by atoms with van der Waals surface area (Å²) in [5, 5.41) is 0. The Balaban J connectivity index is 0.000000195. The summed E-state index contributed by atoms with van der Waals surface area (Å²) in [5.74, 6) is -1.33. The summed E-state index contributed by atoms with van der Waals surface area (Å²) in [7, 11) is 1.42. The van der Waals surface area contributed by atoms with E-state index >= 15 is 0 Å². The van der Waals surface area contributed by atoms with E-state index in [2.05, 4.69) is 11.7 Å². The van der Waals surface area contributed by atoms with Crippen molar-refractivity contribution in [3.8, 4) is 0 Å². The second-order valence-electron chi connectivity index (χ2n) is 5.83. The molecule has 0 bridgehead atoms. The first-order valence-electron chi connectivity index (χ1n) is 8.60. The summed E-state index contributed by atoms with van der Waals surface area (Å²) in [6.07, 6.45) is 4.49. The van der Waals surface area contributed by atoms with Gasteiger partial charge in [-0.2, -0.15) is 0 Å². The zero-order valence-corrected chi connectivity index (χ0v) is 15.0. The van der Waals surface area contributed by atoms with Crippen molar-refractivity contribution in [3.05, 3.63) is 70.8 Å². The molecule has 1 aliphatic heterocycles. The molecule has 136 valence electrons. The lowest BCUT2D eigenvalue weighted by molar-refractivity contribution is 0.0442. The number of hydrogen-bond acceptors (Lipinski definition) is 5. The molecule has 0 aliphatic carbocycles. The highest BCUT2D eigenvalue weighted by atomic mass is 16.6. The lowest BCUT2D eigenvalue weighted by Gasteiger charge is -2.06. The van der Waals surface area contributed by atoms with Crippen LogP contribution in [0.3, 0.4) is 0 Å². The standard InChI is InChI=1S/C13H18O2.C8H4O3/c1-3-4-5-8-11-9-6-7-10-12(11)13(14)15-2;9-7-5-3-1-2-4-6(5)8(10)11-7/h6-7,9-10H,3-5,8H2,1-2H3;1-4H. The molecule has 0 saturated carbocycles. The minimum Gasteiger partial charge on any atom is -0.465 e. The number of aryl methyl sites for hydroxylation is 1. The Morgan fingerprint density at radius 1 is 0.923 bits per heavy atom. The molecule has 0 unspecified atom stereocenters. The molecule has 0 atom stereocenters. The van der Waals surface area contributed by atoms with E-state index in [-0.39, 0.29) is 5.97 Å². The number of fused-ring (bicyclic) bond motifs is 1. The Morgan fingerprint density at radius 2 is 1.50 bits per heavy atom. The number of carbonyl (C=O) groups excluding carboxylic acids is 3. The third-order valence-electron chi connectivity index (χ3n) is 4.02. The fraction of sp³-hybridized carbons (Fsp3) is 0.286. The Bertz CT molecular complexity index is 761. The highest BCUT2D eigenvalue weighted by Crippen LogP contribution is 2.18. The quantitative estimate of drug-likeness (QED) is 0.457. The van der Waals surface area contributed by atoms with E-state index in [1.165, 1.54) is 20.0 Å². The molecule has 0 saturated heterocycles. The van der Waals surface area contributed by atoms with Crippen molar-refractivity contribution >= 4 is 17.9 Å². The zero-order chi connectivity index (χ0) is 18.9. The second kappa shape index (κ2) is 9.51. The van der Waals surface area contributed by atoms with Crippen LogP contribution in [-0.4, -0.2) is 25.0 Å². The average molecular weight is 354 g/mol. The third kappa shape index (κ3) is 4.79. The molecule has 0 radical (unpaired) electrons. The fourth-order valence-electron chi connectivity index (χ4n) is 2.65. The number of methoxy groups -OCH3 is 1. The van der Waals surface area contributed by atoms with Crippen LogP contribution in [0.1, 0.15) is 62.8 Å². The molecule has 0 spiro atoms. The van der Waals surface area contributed by atoms with E-state index in [0.717, 1.165) is 18.4 Å². The predicted molar refractivity (Wildman–Crippen MR) is 97.2 cm³/mol. The maximum absolute atomic E-state index is 11.4. The van der Waals surface area contributed by atoms with Gasteiger partial charge in [0.05, 0.1) is 23.8 Å². The zero-order valence-electron chi connectivity index (χ0n) is 15.0. The summed E-state index contributed by atoms with van der Waals surface area (Å²) < 4.78 is 9.10. The topological polar surface area (TPSA) is 69.7 Å². The Labute approximate surface area is 152 Å². The molecule has 0 N–H and O–H groups in total. The number of cyclic esters (lactones) is 2. The first-order chi connectivity index (χ1) is 12.6. The van der Waals surface area contributed by atoms with E-state index in [1.54, 1.807) is 24.3 Å². The lowest BCUT2D eigenvalue weighted by Crippen LogP contribution is -2.05. The minimum atomic E-state index is -0.550. The van der Waals surface area contributed by atoms with Gasteiger partial charge in [0.25, 0.3) is 0 Å². The molecule has 5 nitrogen and oxygen atoms in total. The van der Waals surface area contributed by atoms with Crippen LogP contribution in [0.2, 0.25) is 0 Å². The van der Waals surface area contributed by atoms with Crippen LogP contribution in [0.25, 0.3) is 0 Å². The van der Waals surface area contributed by atoms with E-state index in [1.807, 2.05) is 24.3 Å². The van der Waals surface area contributed by atoms with Crippen LogP contribution in [0.5, 0.6) is 0 Å². The van der Waals surface area contributed by atoms with Gasteiger partial charge in [-0.3, -0.25) is 0 Å². The molecule has 2 aromatic carbocycles. The second-order valence-corrected chi connectivity index (χ2v) is 5.83. The van der Waals surface area contributed by atoms with Crippen LogP contribution in [0.15, 0.2) is 48.5 Å². The van der Waals surface area contributed by atoms with Gasteiger partial charge < -0.3 is 9.47 Å². The minimum absolute atomic E-state index is 0.234. The smallest absolute Gasteiger partial charge is 0.346 e. The lowest BCUT2D eigenvalue weighted by atomic mass is 10.0. The number of ether oxygens (including phenoxy) is 2. The van der Waals surface area contributed by atoms with Crippen LogP contribution in [0, 0.1) is 0 Å². The Kier molecular flexibility index (Phi) is 7.09. The van der Waals surface area contributed by atoms with Gasteiger partial charge in [0, 0.05) is 0 Å². The monoisotopic (exact) mass is 354 g/mol. The predicted octanol–water partition coefficient (Wildman–Crippen LogP) is 4.20. The van der Waals surface area contributed by atoms with Gasteiger partial charge in [0.15, 0.2) is 0 Å². The number of hydrogen-bond donors (Lipinski definition) is 0. The molecule has 3 rings (SSSR count). The van der Waals surface area contributed by atoms with Crippen molar-refractivity contribution < 1.29 is 23.9 Å². The molecule has 0 fully saturated rings. The molecule has 5 heteroatoms. The van der Waals surface area contributed by atoms with E-state index < -0.39 is 11.9 Å². The summed E-state index contributed by atoms with van der Waals surface area (Å²) in [6, 6.07) is 14.2. The van der Waals surface area contributed by atoms with Gasteiger partial charge >= 0.3 is 17.9 Å². The number of unbranched alkanes of at least 4 members (excludes halogenated alkanes) is 2. The third-order valence-corrected chi connectivity index (χ3v) is 4.02. The number of rotatable bonds is 5. The Morgan fingerprint density at radius 3 is 2.08 bits per heavy atom. The van der Waals surface area contributed by atoms with Gasteiger partial charge in [0.1, 0.15) is 0 Å². The number of esters is 3. The van der Waals surface area contributed by atoms with Crippen LogP contribution in [-0.2, 0) is 15.9 Å². The van der Waals surface area contributed by atoms with Gasteiger partial charge in [-0.1, -0.05) is 50.1 Å². The Hall–Kier alpha value is -2.95. The molecule has 2 aromatic rings. The van der Waals surface area contributed by atoms with Crippen molar-refractivity contribution in [1.29, 1.82) is 0 Å². The van der Waals surface area contributed by atoms with Crippen LogP contribution >= 0.6 is 0 Å². The highest BCUT2D eigenvalue weighted by Gasteiger charge is 2.28. The van der Waals surface area contributed by atoms with E-state index in [0.29, 0.717) is 16.7 Å². The first kappa shape index (κ1) is 19.4. The first-order valence-corrected chi connectivity index (χ1v) is 8.60. The maximum Gasteiger partial charge on any atom is 0.346 e. The molecular weight excluding hydrogens is 332 g/mol. The number of benzene rings is 2. The normalized spacial score (nSPS) is 11.9. The van der Waals surface area contributed by atoms with Crippen molar-refractivity contribution in [2.24, 2.45) is 0 Å². The van der Waals surface area contributed by atoms with Crippen molar-refractivity contribution in [3.63, 3.8) is 0 Å². The maximum atomic E-state index is 11.4. The van der Waals surface area contributed by atoms with Crippen molar-refractivity contribution in [2.45, 2.75) is 32.6 Å². The number of carbonyl (C=O) groups is 3. The summed E-state index contributed by atoms with van der Waals surface area (Å²) >= 11 is 0. The van der Waals surface area contributed by atoms with Gasteiger partial charge in [-0.15, -0.1) is 0 Å². The summed E-state index contributed by atoms with van der Waals surface area (Å²) in [6.45, 7) is 2.17. The highest BCUT2D eigenvalue weighted by molar-refractivity contribution is 6.14. The molecule has 0 amide bonds. The van der Waals surface area contributed by atoms with Crippen LogP contribution in [0.4, 0.5) is 0 Å². The van der Waals surface area contributed by atoms with Gasteiger partial charge in [0.2, 0.25) is 0 Å². The largest absolute Gasteiger partial charge is 0.465 e. The molecule has 26 heavy (non-hydrogen) atoms.